The van der Waals surface area contributed by atoms with Crippen LogP contribution < -0.4 is 4.72 Å². The van der Waals surface area contributed by atoms with Gasteiger partial charge in [0.1, 0.15) is 11.3 Å². The molecule has 1 aliphatic rings. The van der Waals surface area contributed by atoms with Crippen LogP contribution in [0.5, 0.6) is 0 Å². The van der Waals surface area contributed by atoms with Gasteiger partial charge in [-0.05, 0) is 33.7 Å². The number of hydrogen-bond acceptors (Lipinski definition) is 5. The molecule has 1 aromatic rings. The number of carbonyl (C=O) groups excluding carboxylic acids is 1. The van der Waals surface area contributed by atoms with Gasteiger partial charge >= 0.3 is 5.97 Å². The largest absolute Gasteiger partial charge is 0.480 e. The summed E-state index contributed by atoms with van der Waals surface area (Å²) in [6, 6.07) is 1.13. The molecule has 1 atom stereocenters. The zero-order valence-corrected chi connectivity index (χ0v) is 13.4. The molecule has 8 nitrogen and oxygen atoms in total. The van der Waals surface area contributed by atoms with Crippen LogP contribution in [0, 0.1) is 6.92 Å². The Hall–Kier alpha value is -1.87. The Morgan fingerprint density at radius 1 is 1.45 bits per heavy atom. The van der Waals surface area contributed by atoms with Crippen LogP contribution in [0.4, 0.5) is 0 Å². The van der Waals surface area contributed by atoms with E-state index in [-0.39, 0.29) is 16.4 Å². The summed E-state index contributed by atoms with van der Waals surface area (Å²) in [5, 5.41) is 8.99. The first kappa shape index (κ1) is 16.5. The van der Waals surface area contributed by atoms with Gasteiger partial charge in [0.05, 0.1) is 5.56 Å². The predicted molar refractivity (Wildman–Crippen MR) is 76.0 cm³/mol. The number of carboxylic acids is 1. The van der Waals surface area contributed by atoms with Gasteiger partial charge < -0.3 is 14.4 Å². The van der Waals surface area contributed by atoms with E-state index in [1.807, 2.05) is 0 Å². The molecule has 1 aliphatic heterocycles. The summed E-state index contributed by atoms with van der Waals surface area (Å²) in [6.07, 6.45) is 0.930. The number of amides is 1. The monoisotopic (exact) mass is 330 g/mol. The minimum Gasteiger partial charge on any atom is -0.480 e. The number of nitrogens with zero attached hydrogens (tertiary/aromatic N) is 1. The lowest BCUT2D eigenvalue weighted by molar-refractivity contribution is -0.147. The number of carboxylic acid groups (broad SMARTS) is 1. The van der Waals surface area contributed by atoms with Crippen molar-refractivity contribution >= 4 is 21.9 Å². The van der Waals surface area contributed by atoms with Gasteiger partial charge in [-0.25, -0.2) is 17.9 Å². The fourth-order valence-corrected chi connectivity index (χ4v) is 3.27. The van der Waals surface area contributed by atoms with Crippen molar-refractivity contribution in [2.24, 2.45) is 0 Å². The van der Waals surface area contributed by atoms with Gasteiger partial charge in [-0.1, -0.05) is 0 Å². The summed E-state index contributed by atoms with van der Waals surface area (Å²) < 4.78 is 30.7. The van der Waals surface area contributed by atoms with Crippen LogP contribution in [0.25, 0.3) is 0 Å². The van der Waals surface area contributed by atoms with Gasteiger partial charge in [0.15, 0.2) is 0 Å². The third kappa shape index (κ3) is 2.50. The van der Waals surface area contributed by atoms with Crippen LogP contribution >= 0.6 is 0 Å². The van der Waals surface area contributed by atoms with E-state index in [4.69, 9.17) is 4.42 Å². The van der Waals surface area contributed by atoms with Crippen molar-refractivity contribution in [1.29, 1.82) is 0 Å². The lowest BCUT2D eigenvalue weighted by Crippen LogP contribution is -2.50. The Labute approximate surface area is 128 Å². The van der Waals surface area contributed by atoms with Crippen molar-refractivity contribution in [2.75, 3.05) is 13.6 Å². The normalized spacial score (nSPS) is 22.0. The zero-order chi connectivity index (χ0) is 16.7. The van der Waals surface area contributed by atoms with Crippen molar-refractivity contribution < 1.29 is 27.5 Å². The fraction of sp³-hybridized carbons (Fsp3) is 0.538. The van der Waals surface area contributed by atoms with Crippen molar-refractivity contribution in [3.05, 3.63) is 17.4 Å². The molecule has 1 saturated heterocycles. The lowest BCUT2D eigenvalue weighted by atomic mass is 9.98. The van der Waals surface area contributed by atoms with Gasteiger partial charge in [0, 0.05) is 12.6 Å². The molecule has 1 aromatic heterocycles. The van der Waals surface area contributed by atoms with Crippen LogP contribution in [0.15, 0.2) is 15.6 Å². The molecule has 0 radical (unpaired) electrons. The second-order valence-electron chi connectivity index (χ2n) is 5.38. The molecule has 0 saturated carbocycles. The average molecular weight is 330 g/mol. The summed E-state index contributed by atoms with van der Waals surface area (Å²) in [5.74, 6) is -1.48. The second-order valence-corrected chi connectivity index (χ2v) is 7.20. The summed E-state index contributed by atoms with van der Waals surface area (Å²) >= 11 is 0. The molecule has 1 unspecified atom stereocenters. The highest BCUT2D eigenvalue weighted by molar-refractivity contribution is 7.89. The average Bonchev–Trinajstić information content (AvgIpc) is 3.03. The van der Waals surface area contributed by atoms with E-state index in [1.54, 1.807) is 0 Å². The first-order valence-electron chi connectivity index (χ1n) is 6.73. The van der Waals surface area contributed by atoms with Crippen LogP contribution in [0.1, 0.15) is 35.9 Å². The molecule has 2 N–H and O–H groups in total. The lowest BCUT2D eigenvalue weighted by Gasteiger charge is -2.31. The summed E-state index contributed by atoms with van der Waals surface area (Å²) in [6.45, 7) is 3.26. The molecule has 1 fully saturated rings. The third-order valence-corrected chi connectivity index (χ3v) is 5.27. The van der Waals surface area contributed by atoms with Crippen LogP contribution in [-0.2, 0) is 14.8 Å². The van der Waals surface area contributed by atoms with E-state index in [9.17, 15) is 23.1 Å². The second kappa shape index (κ2) is 5.40. The fourth-order valence-electron chi connectivity index (χ4n) is 2.56. The number of hydrogen-bond donors (Lipinski definition) is 2. The number of sulfonamides is 1. The number of furan rings is 1. The highest BCUT2D eigenvalue weighted by atomic mass is 32.2. The molecule has 122 valence electrons. The number of aryl methyl sites for hydroxylation is 1. The van der Waals surface area contributed by atoms with E-state index >= 15 is 0 Å². The Bertz CT molecular complexity index is 723. The molecule has 0 aromatic carbocycles. The number of carbonyl (C=O) groups is 2. The Kier molecular flexibility index (Phi) is 4.05. The highest BCUT2D eigenvalue weighted by Crippen LogP contribution is 2.32. The first-order valence-corrected chi connectivity index (χ1v) is 8.21. The molecule has 2 heterocycles. The molecule has 0 bridgehead atoms. The third-order valence-electron chi connectivity index (χ3n) is 4.01. The molecular formula is C13H18N2O6S. The van der Waals surface area contributed by atoms with Gasteiger partial charge in [-0.2, -0.15) is 0 Å². The predicted octanol–water partition coefficient (Wildman–Crippen LogP) is 0.575. The minimum absolute atomic E-state index is 0.0585. The topological polar surface area (TPSA) is 117 Å². The molecule has 22 heavy (non-hydrogen) atoms. The molecule has 0 spiro atoms. The van der Waals surface area contributed by atoms with Gasteiger partial charge in [-0.15, -0.1) is 0 Å². The summed E-state index contributed by atoms with van der Waals surface area (Å²) in [5.41, 5.74) is -1.23. The van der Waals surface area contributed by atoms with Crippen LogP contribution in [0.2, 0.25) is 0 Å². The maximum atomic E-state index is 12.6. The van der Waals surface area contributed by atoms with Gasteiger partial charge in [0.25, 0.3) is 15.9 Å². The van der Waals surface area contributed by atoms with Crippen LogP contribution in [-0.4, -0.2) is 49.4 Å². The zero-order valence-electron chi connectivity index (χ0n) is 12.5. The molecular weight excluding hydrogens is 312 g/mol. The Morgan fingerprint density at radius 3 is 2.64 bits per heavy atom. The van der Waals surface area contributed by atoms with Gasteiger partial charge in [-0.3, -0.25) is 4.79 Å². The number of nitrogens with one attached hydrogen (secondary N) is 1. The number of rotatable bonds is 4. The van der Waals surface area contributed by atoms with Crippen molar-refractivity contribution in [2.45, 2.75) is 37.3 Å². The Morgan fingerprint density at radius 2 is 2.09 bits per heavy atom. The van der Waals surface area contributed by atoms with E-state index in [1.165, 1.54) is 25.8 Å². The quantitative estimate of drug-likeness (QED) is 0.834. The molecule has 9 heteroatoms. The maximum absolute atomic E-state index is 12.6. The number of aliphatic carboxylic acids is 1. The minimum atomic E-state index is -3.81. The maximum Gasteiger partial charge on any atom is 0.329 e. The molecule has 1 amide bonds. The van der Waals surface area contributed by atoms with Gasteiger partial charge in [0.2, 0.25) is 5.09 Å². The van der Waals surface area contributed by atoms with E-state index < -0.39 is 27.4 Å². The van der Waals surface area contributed by atoms with Crippen LogP contribution in [0.3, 0.4) is 0 Å². The van der Waals surface area contributed by atoms with E-state index in [0.29, 0.717) is 19.4 Å². The summed E-state index contributed by atoms with van der Waals surface area (Å²) in [4.78, 5) is 25.3. The first-order chi connectivity index (χ1) is 10.1. The smallest absolute Gasteiger partial charge is 0.329 e. The van der Waals surface area contributed by atoms with E-state index in [0.717, 1.165) is 6.07 Å². The molecule has 0 aliphatic carbocycles. The van der Waals surface area contributed by atoms with E-state index in [2.05, 4.69) is 4.72 Å². The SMILES string of the molecule is CNS(=O)(=O)c1cc(C(=O)N2CCCC2(C)C(=O)O)c(C)o1. The van der Waals surface area contributed by atoms with Crippen molar-refractivity contribution in [3.8, 4) is 0 Å². The number of likely N-dealkylation sites (tertiary alicyclic amines) is 1. The molecule has 2 rings (SSSR count). The summed E-state index contributed by atoms with van der Waals surface area (Å²) in [7, 11) is -2.57. The standard InChI is InChI=1S/C13H18N2O6S/c1-8-9(7-10(21-8)22(19,20)14-3)11(16)15-6-4-5-13(15,2)12(17)18/h7,14H,4-6H2,1-3H3,(H,17,18). The Balaban J connectivity index is 2.41. The highest BCUT2D eigenvalue weighted by Gasteiger charge is 2.46. The van der Waals surface area contributed by atoms with Crippen molar-refractivity contribution in [3.63, 3.8) is 0 Å². The van der Waals surface area contributed by atoms with Crippen molar-refractivity contribution in [1.82, 2.24) is 9.62 Å².